The average Bonchev–Trinajstić information content (AvgIpc) is 2.97. The molecule has 0 aliphatic rings. The van der Waals surface area contributed by atoms with E-state index in [9.17, 15) is 4.79 Å². The van der Waals surface area contributed by atoms with E-state index in [1.807, 2.05) is 42.5 Å². The predicted octanol–water partition coefficient (Wildman–Crippen LogP) is 3.90. The zero-order valence-corrected chi connectivity index (χ0v) is 13.3. The normalized spacial score (nSPS) is 10.7. The van der Waals surface area contributed by atoms with E-state index in [0.717, 1.165) is 22.9 Å². The first-order chi connectivity index (χ1) is 11.2. The van der Waals surface area contributed by atoms with Crippen molar-refractivity contribution in [2.45, 2.75) is 13.0 Å². The van der Waals surface area contributed by atoms with E-state index in [1.54, 1.807) is 17.1 Å². The fraction of sp³-hybridized carbons (Fsp3) is 0.176. The van der Waals surface area contributed by atoms with Crippen LogP contribution in [-0.2, 0) is 6.54 Å². The van der Waals surface area contributed by atoms with Crippen LogP contribution < -0.4 is 10.6 Å². The first kappa shape index (κ1) is 15.4. The molecule has 1 heterocycles. The van der Waals surface area contributed by atoms with Crippen molar-refractivity contribution in [3.05, 3.63) is 59.9 Å². The van der Waals surface area contributed by atoms with E-state index in [-0.39, 0.29) is 6.03 Å². The highest BCUT2D eigenvalue weighted by Gasteiger charge is 2.04. The van der Waals surface area contributed by atoms with Gasteiger partial charge in [-0.1, -0.05) is 48.0 Å². The molecule has 0 unspecified atom stereocenters. The lowest BCUT2D eigenvalue weighted by Crippen LogP contribution is -2.30. The van der Waals surface area contributed by atoms with Crippen LogP contribution >= 0.6 is 11.6 Å². The third-order valence-corrected chi connectivity index (χ3v) is 3.68. The number of benzene rings is 2. The minimum Gasteiger partial charge on any atom is -0.338 e. The van der Waals surface area contributed by atoms with Gasteiger partial charge in [0.05, 0.1) is 16.9 Å². The standard InChI is InChI=1S/C17H17ClN4O/c18-14-11-20-22(12-14)10-4-9-19-17(23)21-16-8-3-6-13-5-1-2-7-15(13)16/h1-3,5-8,11-12H,4,9-10H2,(H2,19,21,23). The lowest BCUT2D eigenvalue weighted by atomic mass is 10.1. The van der Waals surface area contributed by atoms with Crippen LogP contribution in [0.25, 0.3) is 10.8 Å². The number of urea groups is 1. The van der Waals surface area contributed by atoms with Gasteiger partial charge in [-0.3, -0.25) is 4.68 Å². The summed E-state index contributed by atoms with van der Waals surface area (Å²) < 4.78 is 1.76. The summed E-state index contributed by atoms with van der Waals surface area (Å²) in [7, 11) is 0. The van der Waals surface area contributed by atoms with Crippen LogP contribution in [0.2, 0.25) is 5.02 Å². The summed E-state index contributed by atoms with van der Waals surface area (Å²) in [5.74, 6) is 0. The van der Waals surface area contributed by atoms with E-state index in [0.29, 0.717) is 18.1 Å². The smallest absolute Gasteiger partial charge is 0.319 e. The van der Waals surface area contributed by atoms with Crippen molar-refractivity contribution in [3.8, 4) is 0 Å². The molecule has 3 rings (SSSR count). The molecular formula is C17H17ClN4O. The Labute approximate surface area is 139 Å². The summed E-state index contributed by atoms with van der Waals surface area (Å²) in [4.78, 5) is 12.0. The summed E-state index contributed by atoms with van der Waals surface area (Å²) in [6.45, 7) is 1.27. The Morgan fingerprint density at radius 1 is 1.17 bits per heavy atom. The molecule has 6 heteroatoms. The Hall–Kier alpha value is -2.53. The third kappa shape index (κ3) is 4.02. The highest BCUT2D eigenvalue weighted by atomic mass is 35.5. The van der Waals surface area contributed by atoms with Crippen LogP contribution in [0.4, 0.5) is 10.5 Å². The van der Waals surface area contributed by atoms with Crippen molar-refractivity contribution < 1.29 is 4.79 Å². The van der Waals surface area contributed by atoms with Crippen LogP contribution in [0.3, 0.4) is 0 Å². The maximum absolute atomic E-state index is 12.0. The number of halogens is 1. The molecule has 0 saturated heterocycles. The van der Waals surface area contributed by atoms with Crippen LogP contribution in [0.5, 0.6) is 0 Å². The number of hydrogen-bond donors (Lipinski definition) is 2. The molecule has 0 bridgehead atoms. The zero-order chi connectivity index (χ0) is 16.1. The third-order valence-electron chi connectivity index (χ3n) is 3.49. The Morgan fingerprint density at radius 2 is 2.00 bits per heavy atom. The van der Waals surface area contributed by atoms with Crippen molar-refractivity contribution in [3.63, 3.8) is 0 Å². The predicted molar refractivity (Wildman–Crippen MR) is 92.8 cm³/mol. The van der Waals surface area contributed by atoms with Crippen molar-refractivity contribution in [2.24, 2.45) is 0 Å². The van der Waals surface area contributed by atoms with E-state index in [2.05, 4.69) is 15.7 Å². The average molecular weight is 329 g/mol. The number of carbonyl (C=O) groups is 1. The molecule has 3 aromatic rings. The molecule has 0 radical (unpaired) electrons. The maximum Gasteiger partial charge on any atom is 0.319 e. The van der Waals surface area contributed by atoms with Crippen LogP contribution in [-0.4, -0.2) is 22.4 Å². The number of hydrogen-bond acceptors (Lipinski definition) is 2. The minimum atomic E-state index is -0.208. The van der Waals surface area contributed by atoms with Gasteiger partial charge in [0.2, 0.25) is 0 Å². The fourth-order valence-electron chi connectivity index (χ4n) is 2.40. The molecule has 2 aromatic carbocycles. The molecule has 23 heavy (non-hydrogen) atoms. The number of nitrogens with zero attached hydrogens (tertiary/aromatic N) is 2. The number of amides is 2. The molecule has 2 N–H and O–H groups in total. The van der Waals surface area contributed by atoms with Gasteiger partial charge in [0.25, 0.3) is 0 Å². The summed E-state index contributed by atoms with van der Waals surface area (Å²) in [5.41, 5.74) is 0.805. The van der Waals surface area contributed by atoms with Gasteiger partial charge in [0.15, 0.2) is 0 Å². The lowest BCUT2D eigenvalue weighted by Gasteiger charge is -2.10. The first-order valence-corrected chi connectivity index (χ1v) is 7.81. The molecule has 0 aliphatic carbocycles. The van der Waals surface area contributed by atoms with E-state index < -0.39 is 0 Å². The number of anilines is 1. The summed E-state index contributed by atoms with van der Waals surface area (Å²) in [5, 5.41) is 12.6. The molecule has 1 aromatic heterocycles. The second-order valence-electron chi connectivity index (χ2n) is 5.18. The first-order valence-electron chi connectivity index (χ1n) is 7.43. The Morgan fingerprint density at radius 3 is 2.83 bits per heavy atom. The summed E-state index contributed by atoms with van der Waals surface area (Å²) in [6.07, 6.45) is 4.14. The topological polar surface area (TPSA) is 59.0 Å². The number of nitrogens with one attached hydrogen (secondary N) is 2. The van der Waals surface area contributed by atoms with Gasteiger partial charge in [0.1, 0.15) is 0 Å². The van der Waals surface area contributed by atoms with Crippen LogP contribution in [0.15, 0.2) is 54.9 Å². The van der Waals surface area contributed by atoms with E-state index in [4.69, 9.17) is 11.6 Å². The SMILES string of the molecule is O=C(NCCCn1cc(Cl)cn1)Nc1cccc2ccccc12. The Bertz CT molecular complexity index is 810. The maximum atomic E-state index is 12.0. The van der Waals surface area contributed by atoms with Gasteiger partial charge in [-0.25, -0.2) is 4.79 Å². The molecular weight excluding hydrogens is 312 g/mol. The Kier molecular flexibility index (Phi) is 4.78. The molecule has 118 valence electrons. The second-order valence-corrected chi connectivity index (χ2v) is 5.62. The monoisotopic (exact) mass is 328 g/mol. The van der Waals surface area contributed by atoms with Crippen LogP contribution in [0.1, 0.15) is 6.42 Å². The van der Waals surface area contributed by atoms with E-state index in [1.165, 1.54) is 0 Å². The van der Waals surface area contributed by atoms with Crippen molar-refractivity contribution in [2.75, 3.05) is 11.9 Å². The molecule has 5 nitrogen and oxygen atoms in total. The molecule has 2 amide bonds. The highest BCUT2D eigenvalue weighted by molar-refractivity contribution is 6.30. The van der Waals surface area contributed by atoms with Crippen molar-refractivity contribution in [1.82, 2.24) is 15.1 Å². The summed E-state index contributed by atoms with van der Waals surface area (Å²) >= 11 is 5.80. The Balaban J connectivity index is 1.51. The number of aryl methyl sites for hydroxylation is 1. The lowest BCUT2D eigenvalue weighted by molar-refractivity contribution is 0.251. The zero-order valence-electron chi connectivity index (χ0n) is 12.5. The van der Waals surface area contributed by atoms with Crippen molar-refractivity contribution in [1.29, 1.82) is 0 Å². The van der Waals surface area contributed by atoms with Gasteiger partial charge in [-0.15, -0.1) is 0 Å². The van der Waals surface area contributed by atoms with Crippen molar-refractivity contribution >= 4 is 34.1 Å². The van der Waals surface area contributed by atoms with Gasteiger partial charge >= 0.3 is 6.03 Å². The quantitative estimate of drug-likeness (QED) is 0.698. The highest BCUT2D eigenvalue weighted by Crippen LogP contribution is 2.22. The number of carbonyl (C=O) groups excluding carboxylic acids is 1. The van der Waals surface area contributed by atoms with Gasteiger partial charge < -0.3 is 10.6 Å². The van der Waals surface area contributed by atoms with Gasteiger partial charge in [-0.05, 0) is 17.9 Å². The molecule has 0 atom stereocenters. The fourth-order valence-corrected chi connectivity index (χ4v) is 2.56. The number of rotatable bonds is 5. The second kappa shape index (κ2) is 7.15. The largest absolute Gasteiger partial charge is 0.338 e. The van der Waals surface area contributed by atoms with E-state index >= 15 is 0 Å². The number of fused-ring (bicyclic) bond motifs is 1. The van der Waals surface area contributed by atoms with Gasteiger partial charge in [0, 0.05) is 24.7 Å². The molecule has 0 aliphatic heterocycles. The van der Waals surface area contributed by atoms with Crippen LogP contribution in [0, 0.1) is 0 Å². The molecule has 0 spiro atoms. The molecule has 0 fully saturated rings. The molecule has 0 saturated carbocycles. The minimum absolute atomic E-state index is 0.208. The van der Waals surface area contributed by atoms with Gasteiger partial charge in [-0.2, -0.15) is 5.10 Å². The number of aromatic nitrogens is 2. The summed E-state index contributed by atoms with van der Waals surface area (Å²) in [6, 6.07) is 13.6.